The van der Waals surface area contributed by atoms with E-state index >= 15 is 0 Å². The zero-order valence-corrected chi connectivity index (χ0v) is 11.0. The molecule has 0 aromatic heterocycles. The Bertz CT molecular complexity index is 397. The van der Waals surface area contributed by atoms with Gasteiger partial charge in [-0.2, -0.15) is 0 Å². The molecule has 1 saturated carbocycles. The Labute approximate surface area is 107 Å². The van der Waals surface area contributed by atoms with Crippen LogP contribution >= 0.6 is 0 Å². The zero-order chi connectivity index (χ0) is 13.3. The Hall–Kier alpha value is -0.960. The maximum Gasteiger partial charge on any atom is 0.126 e. The predicted octanol–water partition coefficient (Wildman–Crippen LogP) is 3.83. The highest BCUT2D eigenvalue weighted by atomic mass is 19.1. The Balaban J connectivity index is 2.23. The van der Waals surface area contributed by atoms with E-state index in [0.29, 0.717) is 17.4 Å². The molecule has 2 rings (SSSR count). The first kappa shape index (κ1) is 13.5. The van der Waals surface area contributed by atoms with E-state index in [1.807, 2.05) is 0 Å². The number of benzene rings is 1. The topological polar surface area (TPSA) is 26.0 Å². The lowest BCUT2D eigenvalue weighted by Gasteiger charge is -2.36. The number of hydrogen-bond acceptors (Lipinski definition) is 1. The zero-order valence-electron chi connectivity index (χ0n) is 11.0. The van der Waals surface area contributed by atoms with E-state index in [-0.39, 0.29) is 12.0 Å². The fourth-order valence-electron chi connectivity index (χ4n) is 3.00. The lowest BCUT2D eigenvalue weighted by Crippen LogP contribution is -2.36. The highest BCUT2D eigenvalue weighted by molar-refractivity contribution is 5.24. The van der Waals surface area contributed by atoms with Gasteiger partial charge in [-0.15, -0.1) is 0 Å². The summed E-state index contributed by atoms with van der Waals surface area (Å²) in [5, 5.41) is 0. The Morgan fingerprint density at radius 2 is 1.72 bits per heavy atom. The summed E-state index contributed by atoms with van der Waals surface area (Å²) < 4.78 is 26.6. The van der Waals surface area contributed by atoms with Crippen LogP contribution in [-0.4, -0.2) is 6.04 Å². The van der Waals surface area contributed by atoms with Gasteiger partial charge >= 0.3 is 0 Å². The quantitative estimate of drug-likeness (QED) is 0.851. The van der Waals surface area contributed by atoms with Crippen molar-refractivity contribution in [3.8, 4) is 0 Å². The van der Waals surface area contributed by atoms with Gasteiger partial charge in [0, 0.05) is 12.1 Å². The van der Waals surface area contributed by atoms with Crippen molar-refractivity contribution in [1.29, 1.82) is 0 Å². The maximum absolute atomic E-state index is 13.3. The van der Waals surface area contributed by atoms with Gasteiger partial charge in [-0.3, -0.25) is 0 Å². The predicted molar refractivity (Wildman–Crippen MR) is 69.3 cm³/mol. The molecule has 1 aliphatic carbocycles. The Kier molecular flexibility index (Phi) is 4.00. The second-order valence-electron chi connectivity index (χ2n) is 5.79. The minimum atomic E-state index is -0.510. The smallest absolute Gasteiger partial charge is 0.126 e. The van der Waals surface area contributed by atoms with E-state index in [0.717, 1.165) is 25.3 Å². The van der Waals surface area contributed by atoms with Gasteiger partial charge < -0.3 is 5.73 Å². The Morgan fingerprint density at radius 1 is 1.11 bits per heavy atom. The summed E-state index contributed by atoms with van der Waals surface area (Å²) in [5.74, 6) is 0.253. The van der Waals surface area contributed by atoms with Crippen molar-refractivity contribution < 1.29 is 8.78 Å². The number of hydrogen-bond donors (Lipinski definition) is 1. The fraction of sp³-hybridized carbons (Fsp3) is 0.600. The molecule has 1 fully saturated rings. The van der Waals surface area contributed by atoms with Gasteiger partial charge in [0.2, 0.25) is 0 Å². The summed E-state index contributed by atoms with van der Waals surface area (Å²) in [5.41, 5.74) is 6.84. The van der Waals surface area contributed by atoms with Crippen molar-refractivity contribution in [3.63, 3.8) is 0 Å². The largest absolute Gasteiger partial charge is 0.327 e. The van der Waals surface area contributed by atoms with Gasteiger partial charge in [0.25, 0.3) is 0 Å². The van der Waals surface area contributed by atoms with Gasteiger partial charge in [-0.05, 0) is 54.7 Å². The molecule has 1 aromatic rings. The third kappa shape index (κ3) is 2.89. The lowest BCUT2D eigenvalue weighted by molar-refractivity contribution is 0.232. The third-order valence-corrected chi connectivity index (χ3v) is 4.20. The molecule has 0 spiro atoms. The molecule has 0 saturated heterocycles. The molecule has 100 valence electrons. The van der Waals surface area contributed by atoms with E-state index < -0.39 is 11.6 Å². The average molecular weight is 253 g/mol. The van der Waals surface area contributed by atoms with E-state index in [1.54, 1.807) is 0 Å². The first-order chi connectivity index (χ1) is 8.47. The first-order valence-corrected chi connectivity index (χ1v) is 6.69. The second-order valence-corrected chi connectivity index (χ2v) is 5.79. The maximum atomic E-state index is 13.3. The molecule has 0 radical (unpaired) electrons. The minimum Gasteiger partial charge on any atom is -0.327 e. The summed E-state index contributed by atoms with van der Waals surface area (Å²) in [7, 11) is 0. The fourth-order valence-corrected chi connectivity index (χ4v) is 3.00. The molecule has 1 nitrogen and oxygen atoms in total. The summed E-state index contributed by atoms with van der Waals surface area (Å²) in [4.78, 5) is 0. The molecule has 0 amide bonds. The summed E-state index contributed by atoms with van der Waals surface area (Å²) in [6, 6.07) is 3.78. The number of rotatable bonds is 2. The van der Waals surface area contributed by atoms with Crippen LogP contribution in [0.2, 0.25) is 0 Å². The molecule has 2 N–H and O–H groups in total. The van der Waals surface area contributed by atoms with Crippen molar-refractivity contribution in [2.45, 2.75) is 45.1 Å². The van der Waals surface area contributed by atoms with Crippen LogP contribution in [0.15, 0.2) is 18.2 Å². The molecule has 1 aliphatic rings. The van der Waals surface area contributed by atoms with Gasteiger partial charge in [0.05, 0.1) is 0 Å². The van der Waals surface area contributed by atoms with E-state index in [1.165, 1.54) is 12.1 Å². The number of nitrogens with two attached hydrogens (primary N) is 1. The third-order valence-electron chi connectivity index (χ3n) is 4.20. The Morgan fingerprint density at radius 3 is 2.28 bits per heavy atom. The standard InChI is InChI=1S/C15H21F2N/c1-9(2)10-3-4-15(18)14(7-10)11-5-12(16)8-13(17)6-11/h5-6,8-10,14-15H,3-4,7,18H2,1-2H3. The highest BCUT2D eigenvalue weighted by Gasteiger charge is 2.31. The van der Waals surface area contributed by atoms with Crippen LogP contribution in [-0.2, 0) is 0 Å². The van der Waals surface area contributed by atoms with Gasteiger partial charge in [-0.1, -0.05) is 13.8 Å². The molecule has 1 aromatic carbocycles. The lowest BCUT2D eigenvalue weighted by atomic mass is 9.71. The van der Waals surface area contributed by atoms with Gasteiger partial charge in [0.1, 0.15) is 11.6 Å². The van der Waals surface area contributed by atoms with Crippen LogP contribution in [0, 0.1) is 23.5 Å². The van der Waals surface area contributed by atoms with Crippen LogP contribution in [0.4, 0.5) is 8.78 Å². The minimum absolute atomic E-state index is 0.0150. The van der Waals surface area contributed by atoms with Crippen molar-refractivity contribution in [2.75, 3.05) is 0 Å². The molecular formula is C15H21F2N. The van der Waals surface area contributed by atoms with Gasteiger partial charge in [-0.25, -0.2) is 8.78 Å². The molecule has 0 aliphatic heterocycles. The molecule has 3 heteroatoms. The van der Waals surface area contributed by atoms with Crippen molar-refractivity contribution in [2.24, 2.45) is 17.6 Å². The van der Waals surface area contributed by atoms with E-state index in [9.17, 15) is 8.78 Å². The van der Waals surface area contributed by atoms with Gasteiger partial charge in [0.15, 0.2) is 0 Å². The molecule has 3 unspecified atom stereocenters. The van der Waals surface area contributed by atoms with Crippen LogP contribution in [0.1, 0.15) is 44.6 Å². The van der Waals surface area contributed by atoms with Crippen molar-refractivity contribution in [1.82, 2.24) is 0 Å². The summed E-state index contributed by atoms with van der Waals surface area (Å²) in [6.45, 7) is 4.40. The van der Waals surface area contributed by atoms with Crippen LogP contribution in [0.25, 0.3) is 0 Å². The summed E-state index contributed by atoms with van der Waals surface area (Å²) >= 11 is 0. The summed E-state index contributed by atoms with van der Waals surface area (Å²) in [6.07, 6.45) is 2.99. The highest BCUT2D eigenvalue weighted by Crippen LogP contribution is 2.39. The van der Waals surface area contributed by atoms with E-state index in [2.05, 4.69) is 13.8 Å². The number of halogens is 2. The monoisotopic (exact) mass is 253 g/mol. The molecule has 18 heavy (non-hydrogen) atoms. The normalized spacial score (nSPS) is 28.7. The van der Waals surface area contributed by atoms with E-state index in [4.69, 9.17) is 5.73 Å². The average Bonchev–Trinajstić information content (AvgIpc) is 2.27. The SMILES string of the molecule is CC(C)C1CCC(N)C(c2cc(F)cc(F)c2)C1. The van der Waals surface area contributed by atoms with Crippen LogP contribution in [0.3, 0.4) is 0 Å². The molecule has 0 bridgehead atoms. The molecule has 3 atom stereocenters. The molecular weight excluding hydrogens is 232 g/mol. The second kappa shape index (κ2) is 5.35. The van der Waals surface area contributed by atoms with Crippen molar-refractivity contribution in [3.05, 3.63) is 35.4 Å². The van der Waals surface area contributed by atoms with Crippen LogP contribution < -0.4 is 5.73 Å². The first-order valence-electron chi connectivity index (χ1n) is 6.69. The van der Waals surface area contributed by atoms with Crippen molar-refractivity contribution >= 4 is 0 Å². The molecule has 0 heterocycles. The van der Waals surface area contributed by atoms with Crippen LogP contribution in [0.5, 0.6) is 0 Å².